The second-order valence-electron chi connectivity index (χ2n) is 6.35. The standard InChI is InChI=1S/C18H20Cl2FN5O/c1-12-18(20)15(11-22)23-26(12)8-5-24-3-6-25(7-4-24)16-10-17(27-2)13(19)9-14(16)21/h9-10H,3-8H2,1-2H3. The first-order chi connectivity index (χ1) is 12.9. The van der Waals surface area contributed by atoms with E-state index >= 15 is 0 Å². The van der Waals surface area contributed by atoms with Crippen LogP contribution in [-0.4, -0.2) is 54.5 Å². The van der Waals surface area contributed by atoms with Crippen LogP contribution in [0.1, 0.15) is 11.4 Å². The van der Waals surface area contributed by atoms with Crippen LogP contribution < -0.4 is 9.64 Å². The quantitative estimate of drug-likeness (QED) is 0.754. The third-order valence-corrected chi connectivity index (χ3v) is 5.55. The maximum Gasteiger partial charge on any atom is 0.181 e. The predicted molar refractivity (Wildman–Crippen MR) is 103 cm³/mol. The predicted octanol–water partition coefficient (Wildman–Crippen LogP) is 3.34. The summed E-state index contributed by atoms with van der Waals surface area (Å²) in [4.78, 5) is 4.27. The number of rotatable bonds is 5. The van der Waals surface area contributed by atoms with Crippen molar-refractivity contribution in [1.82, 2.24) is 14.7 Å². The summed E-state index contributed by atoms with van der Waals surface area (Å²) in [6, 6.07) is 4.93. The summed E-state index contributed by atoms with van der Waals surface area (Å²) in [6.45, 7) is 6.27. The smallest absolute Gasteiger partial charge is 0.181 e. The molecule has 3 rings (SSSR count). The molecule has 0 aliphatic carbocycles. The van der Waals surface area contributed by atoms with Gasteiger partial charge in [0.25, 0.3) is 0 Å². The minimum atomic E-state index is -0.347. The topological polar surface area (TPSA) is 57.3 Å². The Morgan fingerprint density at radius 1 is 1.22 bits per heavy atom. The monoisotopic (exact) mass is 411 g/mol. The number of hydrogen-bond acceptors (Lipinski definition) is 5. The van der Waals surface area contributed by atoms with Crippen LogP contribution in [0.2, 0.25) is 10.0 Å². The Bertz CT molecular complexity index is 872. The molecular formula is C18H20Cl2FN5O. The summed E-state index contributed by atoms with van der Waals surface area (Å²) in [5.41, 5.74) is 1.55. The number of nitriles is 1. The van der Waals surface area contributed by atoms with Crippen LogP contribution in [0.15, 0.2) is 12.1 Å². The number of methoxy groups -OCH3 is 1. The molecule has 0 saturated carbocycles. The fourth-order valence-corrected chi connectivity index (χ4v) is 3.58. The van der Waals surface area contributed by atoms with Gasteiger partial charge in [0.05, 0.1) is 35.1 Å². The summed E-state index contributed by atoms with van der Waals surface area (Å²) in [7, 11) is 1.52. The average molecular weight is 412 g/mol. The van der Waals surface area contributed by atoms with E-state index in [1.807, 2.05) is 17.9 Å². The Balaban J connectivity index is 1.59. The molecule has 0 amide bonds. The van der Waals surface area contributed by atoms with E-state index in [0.29, 0.717) is 36.1 Å². The molecule has 1 aromatic heterocycles. The molecule has 6 nitrogen and oxygen atoms in total. The maximum atomic E-state index is 14.3. The zero-order valence-electron chi connectivity index (χ0n) is 15.2. The summed E-state index contributed by atoms with van der Waals surface area (Å²) in [5, 5.41) is 13.9. The Morgan fingerprint density at radius 2 is 1.93 bits per heavy atom. The van der Waals surface area contributed by atoms with Crippen molar-refractivity contribution in [2.75, 3.05) is 44.7 Å². The van der Waals surface area contributed by atoms with Crippen molar-refractivity contribution in [3.8, 4) is 11.8 Å². The van der Waals surface area contributed by atoms with Gasteiger partial charge in [-0.25, -0.2) is 4.39 Å². The van der Waals surface area contributed by atoms with E-state index in [9.17, 15) is 4.39 Å². The Morgan fingerprint density at radius 3 is 2.52 bits per heavy atom. The van der Waals surface area contributed by atoms with Gasteiger partial charge in [-0.1, -0.05) is 23.2 Å². The van der Waals surface area contributed by atoms with Gasteiger partial charge in [-0.2, -0.15) is 10.4 Å². The highest BCUT2D eigenvalue weighted by Crippen LogP contribution is 2.32. The van der Waals surface area contributed by atoms with Gasteiger partial charge in [0.15, 0.2) is 5.69 Å². The first-order valence-electron chi connectivity index (χ1n) is 8.58. The molecule has 2 aromatic rings. The molecule has 0 N–H and O–H groups in total. The molecule has 1 aliphatic rings. The van der Waals surface area contributed by atoms with Crippen molar-refractivity contribution in [3.63, 3.8) is 0 Å². The van der Waals surface area contributed by atoms with E-state index in [1.165, 1.54) is 13.2 Å². The van der Waals surface area contributed by atoms with Gasteiger partial charge in [-0.3, -0.25) is 9.58 Å². The minimum absolute atomic E-state index is 0.256. The Labute approximate surface area is 167 Å². The number of ether oxygens (including phenoxy) is 1. The third kappa shape index (κ3) is 4.13. The van der Waals surface area contributed by atoms with E-state index < -0.39 is 0 Å². The van der Waals surface area contributed by atoms with Gasteiger partial charge in [0, 0.05) is 38.8 Å². The van der Waals surface area contributed by atoms with E-state index in [1.54, 1.807) is 10.7 Å². The van der Waals surface area contributed by atoms with Crippen molar-refractivity contribution in [2.24, 2.45) is 0 Å². The van der Waals surface area contributed by atoms with Gasteiger partial charge >= 0.3 is 0 Å². The van der Waals surface area contributed by atoms with Crippen LogP contribution in [-0.2, 0) is 6.54 Å². The Kier molecular flexibility index (Phi) is 6.10. The lowest BCUT2D eigenvalue weighted by Crippen LogP contribution is -2.47. The van der Waals surface area contributed by atoms with E-state index in [4.69, 9.17) is 33.2 Å². The molecule has 1 saturated heterocycles. The van der Waals surface area contributed by atoms with Crippen molar-refractivity contribution in [3.05, 3.63) is 39.4 Å². The highest BCUT2D eigenvalue weighted by molar-refractivity contribution is 6.32. The fourth-order valence-electron chi connectivity index (χ4n) is 3.18. The number of anilines is 1. The molecule has 144 valence electrons. The first-order valence-corrected chi connectivity index (χ1v) is 9.33. The largest absolute Gasteiger partial charge is 0.495 e. The van der Waals surface area contributed by atoms with Crippen molar-refractivity contribution >= 4 is 28.9 Å². The van der Waals surface area contributed by atoms with Crippen LogP contribution >= 0.6 is 23.2 Å². The van der Waals surface area contributed by atoms with Gasteiger partial charge in [-0.05, 0) is 13.0 Å². The number of aromatic nitrogens is 2. The normalized spacial score (nSPS) is 15.0. The lowest BCUT2D eigenvalue weighted by Gasteiger charge is -2.36. The SMILES string of the molecule is COc1cc(N2CCN(CCn3nc(C#N)c(Cl)c3C)CC2)c(F)cc1Cl. The molecule has 2 heterocycles. The molecule has 0 spiro atoms. The van der Waals surface area contributed by atoms with Crippen LogP contribution in [0.3, 0.4) is 0 Å². The number of halogens is 3. The summed E-state index contributed by atoms with van der Waals surface area (Å²) < 4.78 is 21.2. The van der Waals surface area contributed by atoms with Crippen LogP contribution in [0.25, 0.3) is 0 Å². The number of piperazine rings is 1. The molecule has 0 unspecified atom stereocenters. The molecule has 9 heteroatoms. The van der Waals surface area contributed by atoms with Crippen molar-refractivity contribution in [1.29, 1.82) is 5.26 Å². The van der Waals surface area contributed by atoms with Crippen molar-refractivity contribution in [2.45, 2.75) is 13.5 Å². The fraction of sp³-hybridized carbons (Fsp3) is 0.444. The summed E-state index contributed by atoms with van der Waals surface area (Å²) >= 11 is 12.1. The lowest BCUT2D eigenvalue weighted by atomic mass is 10.2. The molecular weight excluding hydrogens is 392 g/mol. The summed E-state index contributed by atoms with van der Waals surface area (Å²) in [6.07, 6.45) is 0. The summed E-state index contributed by atoms with van der Waals surface area (Å²) in [5.74, 6) is 0.120. The first kappa shape index (κ1) is 19.7. The van der Waals surface area contributed by atoms with Crippen LogP contribution in [0.5, 0.6) is 5.75 Å². The number of nitrogens with zero attached hydrogens (tertiary/aromatic N) is 5. The maximum absolute atomic E-state index is 14.3. The molecule has 27 heavy (non-hydrogen) atoms. The third-order valence-electron chi connectivity index (χ3n) is 4.80. The zero-order chi connectivity index (χ0) is 19.6. The highest BCUT2D eigenvalue weighted by atomic mass is 35.5. The molecule has 0 radical (unpaired) electrons. The molecule has 0 atom stereocenters. The Hall–Kier alpha value is -2.01. The van der Waals surface area contributed by atoms with Crippen molar-refractivity contribution < 1.29 is 9.13 Å². The molecule has 1 fully saturated rings. The van der Waals surface area contributed by atoms with E-state index in [-0.39, 0.29) is 16.5 Å². The second-order valence-corrected chi connectivity index (χ2v) is 7.13. The van der Waals surface area contributed by atoms with E-state index in [0.717, 1.165) is 25.3 Å². The van der Waals surface area contributed by atoms with Crippen LogP contribution in [0, 0.1) is 24.1 Å². The highest BCUT2D eigenvalue weighted by Gasteiger charge is 2.21. The van der Waals surface area contributed by atoms with Crippen LogP contribution in [0.4, 0.5) is 10.1 Å². The van der Waals surface area contributed by atoms with Gasteiger partial charge < -0.3 is 9.64 Å². The van der Waals surface area contributed by atoms with E-state index in [2.05, 4.69) is 10.00 Å². The minimum Gasteiger partial charge on any atom is -0.495 e. The zero-order valence-corrected chi connectivity index (χ0v) is 16.7. The number of hydrogen-bond donors (Lipinski definition) is 0. The number of benzene rings is 1. The van der Waals surface area contributed by atoms with Gasteiger partial charge in [0.2, 0.25) is 0 Å². The molecule has 1 aliphatic heterocycles. The molecule has 0 bridgehead atoms. The lowest BCUT2D eigenvalue weighted by molar-refractivity contribution is 0.243. The average Bonchev–Trinajstić information content (AvgIpc) is 2.95. The van der Waals surface area contributed by atoms with Gasteiger partial charge in [0.1, 0.15) is 17.6 Å². The molecule has 1 aromatic carbocycles. The second kappa shape index (κ2) is 8.34. The van der Waals surface area contributed by atoms with Gasteiger partial charge in [-0.15, -0.1) is 0 Å².